The number of nitrogens with one attached hydrogen (secondary N) is 1. The molecular formula is C25H19N3O3. The minimum Gasteiger partial charge on any atom is -0.358 e. The van der Waals surface area contributed by atoms with E-state index in [0.717, 1.165) is 21.2 Å². The van der Waals surface area contributed by atoms with Gasteiger partial charge in [0.2, 0.25) is 0 Å². The van der Waals surface area contributed by atoms with Gasteiger partial charge < -0.3 is 4.98 Å². The lowest BCUT2D eigenvalue weighted by atomic mass is 10.1. The van der Waals surface area contributed by atoms with E-state index in [0.29, 0.717) is 22.2 Å². The van der Waals surface area contributed by atoms with E-state index in [1.807, 2.05) is 37.3 Å². The molecule has 0 unspecified atom stereocenters. The summed E-state index contributed by atoms with van der Waals surface area (Å²) in [5, 5.41) is 1.20. The molecule has 0 fully saturated rings. The van der Waals surface area contributed by atoms with Crippen LogP contribution < -0.4 is 11.2 Å². The number of rotatable bonds is 4. The molecule has 31 heavy (non-hydrogen) atoms. The van der Waals surface area contributed by atoms with Crippen LogP contribution in [0.1, 0.15) is 16.1 Å². The number of nitrogens with zero attached hydrogens (tertiary/aromatic N) is 2. The maximum Gasteiger partial charge on any atom is 0.336 e. The highest BCUT2D eigenvalue weighted by Gasteiger charge is 2.20. The van der Waals surface area contributed by atoms with Gasteiger partial charge in [0.25, 0.3) is 5.56 Å². The fourth-order valence-electron chi connectivity index (χ4n) is 4.14. The van der Waals surface area contributed by atoms with Gasteiger partial charge in [-0.15, -0.1) is 0 Å². The van der Waals surface area contributed by atoms with Crippen LogP contribution in [0.3, 0.4) is 0 Å². The maximum atomic E-state index is 13.4. The summed E-state index contributed by atoms with van der Waals surface area (Å²) in [7, 11) is 0. The van der Waals surface area contributed by atoms with Crippen LogP contribution in [0.5, 0.6) is 0 Å². The van der Waals surface area contributed by atoms with Crippen LogP contribution in [0, 0.1) is 6.92 Å². The van der Waals surface area contributed by atoms with E-state index in [4.69, 9.17) is 0 Å². The fraction of sp³-hybridized carbons (Fsp3) is 0.0800. The molecule has 0 saturated heterocycles. The van der Waals surface area contributed by atoms with E-state index in [1.165, 1.54) is 4.57 Å². The third-order valence-electron chi connectivity index (χ3n) is 5.54. The second-order valence-electron chi connectivity index (χ2n) is 7.46. The Morgan fingerprint density at radius 3 is 2.26 bits per heavy atom. The van der Waals surface area contributed by atoms with Crippen LogP contribution in [0.4, 0.5) is 0 Å². The zero-order chi connectivity index (χ0) is 21.5. The Bertz CT molecular complexity index is 1570. The van der Waals surface area contributed by atoms with Crippen molar-refractivity contribution in [2.24, 2.45) is 0 Å². The molecule has 0 aliphatic heterocycles. The molecule has 0 aliphatic rings. The molecule has 5 aromatic rings. The minimum atomic E-state index is -0.541. The molecule has 0 aliphatic carbocycles. The number of Topliss-reactive ketones (excluding diaryl/α,β-unsaturated/α-hetero) is 1. The lowest BCUT2D eigenvalue weighted by Crippen LogP contribution is -2.40. The molecule has 5 rings (SSSR count). The third-order valence-corrected chi connectivity index (χ3v) is 5.54. The van der Waals surface area contributed by atoms with Gasteiger partial charge in [-0.05, 0) is 37.3 Å². The molecule has 0 bridgehead atoms. The number of H-pyrrole nitrogens is 1. The zero-order valence-corrected chi connectivity index (χ0v) is 16.8. The summed E-state index contributed by atoms with van der Waals surface area (Å²) >= 11 is 0. The lowest BCUT2D eigenvalue weighted by molar-refractivity contribution is 0.0972. The predicted octanol–water partition coefficient (Wildman–Crippen LogP) is 3.83. The van der Waals surface area contributed by atoms with E-state index < -0.39 is 11.2 Å². The van der Waals surface area contributed by atoms with Crippen LogP contribution in [0.15, 0.2) is 88.5 Å². The first-order valence-corrected chi connectivity index (χ1v) is 9.97. The number of carbonyl (C=O) groups is 1. The smallest absolute Gasteiger partial charge is 0.336 e. The molecule has 152 valence electrons. The molecule has 3 aromatic carbocycles. The number of benzene rings is 3. The van der Waals surface area contributed by atoms with E-state index in [-0.39, 0.29) is 12.3 Å². The van der Waals surface area contributed by atoms with Gasteiger partial charge in [0.1, 0.15) is 0 Å². The Hall–Kier alpha value is -4.19. The third kappa shape index (κ3) is 3.00. The number of aromatic nitrogens is 3. The molecule has 0 radical (unpaired) electrons. The van der Waals surface area contributed by atoms with Crippen LogP contribution in [-0.4, -0.2) is 19.9 Å². The first-order chi connectivity index (χ1) is 15.1. The quantitative estimate of drug-likeness (QED) is 0.459. The highest BCUT2D eigenvalue weighted by atomic mass is 16.2. The highest BCUT2D eigenvalue weighted by molar-refractivity contribution is 6.09. The number of aromatic amines is 1. The number of carbonyl (C=O) groups excluding carboxylic acids is 1. The van der Waals surface area contributed by atoms with Crippen molar-refractivity contribution in [1.29, 1.82) is 0 Å². The van der Waals surface area contributed by atoms with Crippen LogP contribution >= 0.6 is 0 Å². The van der Waals surface area contributed by atoms with Crippen molar-refractivity contribution < 1.29 is 4.79 Å². The Morgan fingerprint density at radius 1 is 0.839 bits per heavy atom. The van der Waals surface area contributed by atoms with Crippen LogP contribution in [0.2, 0.25) is 0 Å². The first-order valence-electron chi connectivity index (χ1n) is 9.97. The highest BCUT2D eigenvalue weighted by Crippen LogP contribution is 2.23. The van der Waals surface area contributed by atoms with Crippen molar-refractivity contribution in [1.82, 2.24) is 14.1 Å². The molecule has 0 saturated carbocycles. The van der Waals surface area contributed by atoms with E-state index >= 15 is 0 Å². The number of aryl methyl sites for hydroxylation is 1. The molecule has 0 spiro atoms. The van der Waals surface area contributed by atoms with Crippen molar-refractivity contribution in [3.8, 4) is 5.69 Å². The molecule has 1 N–H and O–H groups in total. The molecule has 6 nitrogen and oxygen atoms in total. The second kappa shape index (κ2) is 7.25. The van der Waals surface area contributed by atoms with Gasteiger partial charge in [0, 0.05) is 22.2 Å². The van der Waals surface area contributed by atoms with Crippen molar-refractivity contribution in [2.75, 3.05) is 0 Å². The van der Waals surface area contributed by atoms with Gasteiger partial charge >= 0.3 is 5.69 Å². The zero-order valence-electron chi connectivity index (χ0n) is 16.8. The summed E-state index contributed by atoms with van der Waals surface area (Å²) in [6.07, 6.45) is 0. The van der Waals surface area contributed by atoms with Gasteiger partial charge in [0.15, 0.2) is 5.78 Å². The predicted molar refractivity (Wildman–Crippen MR) is 121 cm³/mol. The summed E-state index contributed by atoms with van der Waals surface area (Å²) in [6, 6.07) is 23.2. The Labute approximate surface area is 177 Å². The summed E-state index contributed by atoms with van der Waals surface area (Å²) in [5.41, 5.74) is 2.14. The average Bonchev–Trinajstić information content (AvgIpc) is 3.13. The lowest BCUT2D eigenvalue weighted by Gasteiger charge is -2.14. The van der Waals surface area contributed by atoms with Crippen LogP contribution in [0.25, 0.3) is 27.5 Å². The van der Waals surface area contributed by atoms with Crippen molar-refractivity contribution in [3.63, 3.8) is 0 Å². The number of para-hydroxylation sites is 3. The molecular weight excluding hydrogens is 390 g/mol. The number of fused-ring (bicyclic) bond motifs is 2. The normalized spacial score (nSPS) is 11.3. The van der Waals surface area contributed by atoms with Crippen molar-refractivity contribution in [2.45, 2.75) is 13.5 Å². The van der Waals surface area contributed by atoms with E-state index in [9.17, 15) is 14.4 Å². The Balaban J connectivity index is 1.73. The average molecular weight is 409 g/mol. The summed E-state index contributed by atoms with van der Waals surface area (Å²) in [4.78, 5) is 43.1. The van der Waals surface area contributed by atoms with Gasteiger partial charge in [-0.2, -0.15) is 0 Å². The monoisotopic (exact) mass is 409 g/mol. The molecule has 2 heterocycles. The molecule has 6 heteroatoms. The maximum absolute atomic E-state index is 13.4. The topological polar surface area (TPSA) is 76.9 Å². The molecule has 2 aromatic heterocycles. The SMILES string of the molecule is Cc1[nH]c2ccccc2c1C(=O)Cn1c(=O)n(-c2ccccc2)c(=O)c2ccccc21. The van der Waals surface area contributed by atoms with Crippen molar-refractivity contribution in [3.05, 3.63) is 111 Å². The van der Waals surface area contributed by atoms with Gasteiger partial charge in [-0.25, -0.2) is 9.36 Å². The molecule has 0 amide bonds. The van der Waals surface area contributed by atoms with Gasteiger partial charge in [0.05, 0.1) is 23.1 Å². The van der Waals surface area contributed by atoms with Gasteiger partial charge in [-0.1, -0.05) is 48.5 Å². The fourth-order valence-corrected chi connectivity index (χ4v) is 4.14. The first kappa shape index (κ1) is 18.8. The van der Waals surface area contributed by atoms with E-state index in [1.54, 1.807) is 48.5 Å². The molecule has 0 atom stereocenters. The summed E-state index contributed by atoms with van der Waals surface area (Å²) < 4.78 is 2.50. The largest absolute Gasteiger partial charge is 0.358 e. The number of hydrogen-bond donors (Lipinski definition) is 1. The minimum absolute atomic E-state index is 0.171. The van der Waals surface area contributed by atoms with E-state index in [2.05, 4.69) is 4.98 Å². The summed E-state index contributed by atoms with van der Waals surface area (Å²) in [5.74, 6) is -0.194. The van der Waals surface area contributed by atoms with Gasteiger partial charge in [-0.3, -0.25) is 14.2 Å². The Kier molecular flexibility index (Phi) is 4.40. The summed E-state index contributed by atoms with van der Waals surface area (Å²) in [6.45, 7) is 1.67. The number of hydrogen-bond acceptors (Lipinski definition) is 3. The second-order valence-corrected chi connectivity index (χ2v) is 7.46. The number of ketones is 1. The standard InChI is InChI=1S/C25H19N3O3/c1-16-23(18-11-5-7-13-20(18)26-16)22(29)15-27-21-14-8-6-12-19(21)24(30)28(25(27)31)17-9-3-2-4-10-17/h2-14,26H,15H2,1H3. The van der Waals surface area contributed by atoms with Crippen molar-refractivity contribution >= 4 is 27.6 Å². The van der Waals surface area contributed by atoms with Crippen LogP contribution in [-0.2, 0) is 6.54 Å². The Morgan fingerprint density at radius 2 is 1.48 bits per heavy atom.